The minimum Gasteiger partial charge on any atom is -0.224 e. The van der Waals surface area contributed by atoms with Gasteiger partial charge in [0, 0.05) is 11.2 Å². The predicted molar refractivity (Wildman–Crippen MR) is 81.4 cm³/mol. The van der Waals surface area contributed by atoms with E-state index < -0.39 is 9.84 Å². The number of rotatable bonds is 4. The van der Waals surface area contributed by atoms with Crippen LogP contribution in [-0.2, 0) is 9.84 Å². The van der Waals surface area contributed by atoms with Crippen molar-refractivity contribution in [2.75, 3.05) is 6.26 Å². The molecule has 2 rings (SSSR count). The molecule has 3 nitrogen and oxygen atoms in total. The maximum absolute atomic E-state index is 11.4. The zero-order valence-electron chi connectivity index (χ0n) is 11.6. The zero-order chi connectivity index (χ0) is 14.6. The van der Waals surface area contributed by atoms with Gasteiger partial charge in [-0.2, -0.15) is 5.26 Å². The Balaban J connectivity index is 2.06. The molecule has 1 atom stereocenters. The van der Waals surface area contributed by atoms with Crippen LogP contribution in [0.2, 0.25) is 0 Å². The van der Waals surface area contributed by atoms with Gasteiger partial charge in [-0.05, 0) is 43.0 Å². The summed E-state index contributed by atoms with van der Waals surface area (Å²) in [6.45, 7) is 0. The number of hydrogen-bond donors (Lipinski definition) is 0. The lowest BCUT2D eigenvalue weighted by Crippen LogP contribution is -2.18. The topological polar surface area (TPSA) is 57.9 Å². The van der Waals surface area contributed by atoms with Crippen LogP contribution in [0.5, 0.6) is 0 Å². The summed E-state index contributed by atoms with van der Waals surface area (Å²) >= 11 is 1.56. The summed E-state index contributed by atoms with van der Waals surface area (Å²) in [7, 11) is -3.15. The van der Waals surface area contributed by atoms with Crippen LogP contribution in [0.3, 0.4) is 0 Å². The van der Waals surface area contributed by atoms with Crippen molar-refractivity contribution < 1.29 is 8.42 Å². The molecule has 1 saturated carbocycles. The highest BCUT2D eigenvalue weighted by Gasteiger charge is 2.24. The summed E-state index contributed by atoms with van der Waals surface area (Å²) < 4.78 is 22.8. The van der Waals surface area contributed by atoms with Gasteiger partial charge in [-0.3, -0.25) is 0 Å². The number of nitriles is 1. The largest absolute Gasteiger partial charge is 0.224 e. The number of hydrogen-bond acceptors (Lipinski definition) is 4. The van der Waals surface area contributed by atoms with E-state index in [1.165, 1.54) is 25.5 Å². The molecule has 1 aliphatic carbocycles. The highest BCUT2D eigenvalue weighted by molar-refractivity contribution is 8.00. The summed E-state index contributed by atoms with van der Waals surface area (Å²) in [5.41, 5.74) is 0. The van der Waals surface area contributed by atoms with Crippen LogP contribution < -0.4 is 0 Å². The molecular weight excluding hydrogens is 290 g/mol. The minimum atomic E-state index is -3.15. The summed E-state index contributed by atoms with van der Waals surface area (Å²) in [6, 6.07) is 9.25. The minimum absolute atomic E-state index is 0.0283. The Morgan fingerprint density at radius 3 is 2.30 bits per heavy atom. The van der Waals surface area contributed by atoms with Gasteiger partial charge in [0.25, 0.3) is 0 Å². The highest BCUT2D eigenvalue weighted by atomic mass is 32.2. The first-order valence-electron chi connectivity index (χ1n) is 6.87. The molecule has 1 aromatic carbocycles. The van der Waals surface area contributed by atoms with Crippen LogP contribution in [0, 0.1) is 17.2 Å². The van der Waals surface area contributed by atoms with Crippen molar-refractivity contribution in [1.29, 1.82) is 5.26 Å². The Hall–Kier alpha value is -0.990. The van der Waals surface area contributed by atoms with Crippen molar-refractivity contribution in [2.45, 2.75) is 47.1 Å². The van der Waals surface area contributed by atoms with Crippen LogP contribution in [0.15, 0.2) is 34.1 Å². The molecular formula is C15H19NO2S2. The molecule has 0 amide bonds. The van der Waals surface area contributed by atoms with Crippen molar-refractivity contribution in [3.05, 3.63) is 24.3 Å². The second-order valence-corrected chi connectivity index (χ2v) is 8.54. The van der Waals surface area contributed by atoms with Gasteiger partial charge in [-0.15, -0.1) is 11.8 Å². The Morgan fingerprint density at radius 1 is 1.20 bits per heavy atom. The third-order valence-corrected chi connectivity index (χ3v) is 6.14. The van der Waals surface area contributed by atoms with Crippen molar-refractivity contribution in [3.8, 4) is 6.07 Å². The second kappa shape index (κ2) is 6.64. The Bertz CT molecular complexity index is 581. The van der Waals surface area contributed by atoms with Gasteiger partial charge >= 0.3 is 0 Å². The van der Waals surface area contributed by atoms with Crippen LogP contribution in [0.25, 0.3) is 0 Å². The van der Waals surface area contributed by atoms with Crippen molar-refractivity contribution in [3.63, 3.8) is 0 Å². The van der Waals surface area contributed by atoms with E-state index in [9.17, 15) is 13.7 Å². The van der Waals surface area contributed by atoms with E-state index in [0.29, 0.717) is 10.8 Å². The number of thioether (sulfide) groups is 1. The van der Waals surface area contributed by atoms with Crippen LogP contribution in [-0.4, -0.2) is 19.9 Å². The number of sulfone groups is 1. The molecule has 1 aliphatic rings. The second-order valence-electron chi connectivity index (χ2n) is 5.31. The van der Waals surface area contributed by atoms with E-state index >= 15 is 0 Å². The lowest BCUT2D eigenvalue weighted by atomic mass is 9.87. The molecule has 0 heterocycles. The maximum Gasteiger partial charge on any atom is 0.175 e. The van der Waals surface area contributed by atoms with Crippen LogP contribution in [0.1, 0.15) is 32.1 Å². The number of benzene rings is 1. The van der Waals surface area contributed by atoms with Gasteiger partial charge in [0.2, 0.25) is 0 Å². The Morgan fingerprint density at radius 2 is 1.80 bits per heavy atom. The monoisotopic (exact) mass is 309 g/mol. The van der Waals surface area contributed by atoms with Crippen LogP contribution >= 0.6 is 11.8 Å². The Kier molecular flexibility index (Phi) is 5.11. The standard InChI is InChI=1S/C15H19NO2S2/c1-20(17,18)14-9-7-13(8-10-14)19-15(11-16)12-5-3-2-4-6-12/h7-10,12,15H,2-6H2,1H3/t15-/m1/s1. The summed E-state index contributed by atoms with van der Waals surface area (Å²) in [5, 5.41) is 9.33. The maximum atomic E-state index is 11.4. The van der Waals surface area contributed by atoms with Gasteiger partial charge in [0.15, 0.2) is 9.84 Å². The lowest BCUT2D eigenvalue weighted by molar-refractivity contribution is 0.370. The first kappa shape index (κ1) is 15.4. The molecule has 20 heavy (non-hydrogen) atoms. The fraction of sp³-hybridized carbons (Fsp3) is 0.533. The van der Waals surface area contributed by atoms with Gasteiger partial charge in [0.05, 0.1) is 16.2 Å². The van der Waals surface area contributed by atoms with E-state index in [4.69, 9.17) is 0 Å². The molecule has 5 heteroatoms. The molecule has 1 fully saturated rings. The van der Waals surface area contributed by atoms with E-state index in [1.807, 2.05) is 0 Å². The average molecular weight is 309 g/mol. The van der Waals surface area contributed by atoms with Gasteiger partial charge in [0.1, 0.15) is 0 Å². The van der Waals surface area contributed by atoms with E-state index in [0.717, 1.165) is 17.7 Å². The first-order chi connectivity index (χ1) is 9.50. The van der Waals surface area contributed by atoms with Crippen molar-refractivity contribution in [2.24, 2.45) is 5.92 Å². The van der Waals surface area contributed by atoms with Crippen molar-refractivity contribution >= 4 is 21.6 Å². The third kappa shape index (κ3) is 4.00. The molecule has 0 unspecified atom stereocenters. The SMILES string of the molecule is CS(=O)(=O)c1ccc(S[C@H](C#N)C2CCCCC2)cc1. The molecule has 0 bridgehead atoms. The van der Waals surface area contributed by atoms with Gasteiger partial charge in [-0.25, -0.2) is 8.42 Å². The normalized spacial score (nSPS) is 18.4. The fourth-order valence-corrected chi connectivity index (χ4v) is 4.31. The van der Waals surface area contributed by atoms with E-state index in [-0.39, 0.29) is 5.25 Å². The fourth-order valence-electron chi connectivity index (χ4n) is 2.58. The lowest BCUT2D eigenvalue weighted by Gasteiger charge is -2.25. The molecule has 0 spiro atoms. The van der Waals surface area contributed by atoms with E-state index in [1.54, 1.807) is 36.0 Å². The van der Waals surface area contributed by atoms with E-state index in [2.05, 4.69) is 6.07 Å². The van der Waals surface area contributed by atoms with Crippen molar-refractivity contribution in [1.82, 2.24) is 0 Å². The Labute approximate surface area is 125 Å². The molecule has 108 valence electrons. The summed E-state index contributed by atoms with van der Waals surface area (Å²) in [6.07, 6.45) is 7.18. The third-order valence-electron chi connectivity index (χ3n) is 3.72. The molecule has 1 aromatic rings. The molecule has 0 aromatic heterocycles. The zero-order valence-corrected chi connectivity index (χ0v) is 13.2. The molecule has 0 aliphatic heterocycles. The predicted octanol–water partition coefficient (Wildman–Crippen LogP) is 3.65. The van der Waals surface area contributed by atoms with Crippen LogP contribution in [0.4, 0.5) is 0 Å². The van der Waals surface area contributed by atoms with Gasteiger partial charge < -0.3 is 0 Å². The highest BCUT2D eigenvalue weighted by Crippen LogP contribution is 2.36. The average Bonchev–Trinajstić information content (AvgIpc) is 2.45. The summed E-state index contributed by atoms with van der Waals surface area (Å²) in [4.78, 5) is 1.29. The number of nitrogens with zero attached hydrogens (tertiary/aromatic N) is 1. The smallest absolute Gasteiger partial charge is 0.175 e. The molecule has 0 saturated heterocycles. The molecule has 0 N–H and O–H groups in total. The first-order valence-corrected chi connectivity index (χ1v) is 9.64. The van der Waals surface area contributed by atoms with Gasteiger partial charge in [-0.1, -0.05) is 19.3 Å². The summed E-state index contributed by atoms with van der Waals surface area (Å²) in [5.74, 6) is 0.466. The quantitative estimate of drug-likeness (QED) is 0.797. The molecule has 0 radical (unpaired) electrons.